The molecule has 1 saturated heterocycles. The van der Waals surface area contributed by atoms with E-state index in [0.29, 0.717) is 0 Å². The summed E-state index contributed by atoms with van der Waals surface area (Å²) >= 11 is 0. The average molecular weight is 931 g/mol. The van der Waals surface area contributed by atoms with Crippen molar-refractivity contribution in [3.8, 4) is 18.1 Å². The predicted octanol–water partition coefficient (Wildman–Crippen LogP) is 5.95. The molecule has 5 atom stereocenters. The Morgan fingerprint density at radius 2 is 1.78 bits per heavy atom. The number of para-hydroxylation sites is 1. The quantitative estimate of drug-likeness (QED) is 0.0321. The molecule has 1 aromatic carbocycles. The molecular weight excluding hydrogens is 878 g/mol. The summed E-state index contributed by atoms with van der Waals surface area (Å²) in [6.45, 7) is 11.5. The lowest BCUT2D eigenvalue weighted by molar-refractivity contribution is -0.162. The van der Waals surface area contributed by atoms with E-state index >= 15 is 4.39 Å². The molecule has 0 saturated carbocycles. The standard InChI is InChI=1S/C42H52FN6O15P/c1-10-27(11-2)19-57-37(52)25(6)48-65(55,64-28-16-14-13-15-17-28)59-22-42(12-3)33(62-36(51)24(4)5)29(20-58-42)49-23-44-32-34(45-38(43)47-35(32)49)46-39(53)63-41(8,9)18-31(50)56-21-30-26(7)60-40(54)61-30/h3,13-17,23-25,27,29,33H,10-11,18-22H2,1-2,4-9H3,(H,48,55)(H,45,46,47,53)/t25-,29?,33-,42+,65-/m0/s1. The van der Waals surface area contributed by atoms with Crippen LogP contribution < -0.4 is 20.8 Å². The van der Waals surface area contributed by atoms with Crippen molar-refractivity contribution >= 4 is 48.7 Å². The molecule has 23 heteroatoms. The fourth-order valence-electron chi connectivity index (χ4n) is 6.37. The Labute approximate surface area is 373 Å². The highest BCUT2D eigenvalue weighted by Gasteiger charge is 2.55. The number of imidazole rings is 1. The minimum Gasteiger partial charge on any atom is -0.464 e. The van der Waals surface area contributed by atoms with Crippen molar-refractivity contribution in [2.75, 3.05) is 25.1 Å². The maximum atomic E-state index is 15.2. The second-order valence-corrected chi connectivity index (χ2v) is 17.7. The first-order valence-corrected chi connectivity index (χ1v) is 22.2. The van der Waals surface area contributed by atoms with Gasteiger partial charge in [0.2, 0.25) is 0 Å². The Morgan fingerprint density at radius 1 is 1.08 bits per heavy atom. The third-order valence-electron chi connectivity index (χ3n) is 10.1. The minimum atomic E-state index is -4.54. The number of carbonyl (C=O) groups excluding carboxylic acids is 4. The van der Waals surface area contributed by atoms with Crippen molar-refractivity contribution < 1.29 is 69.7 Å². The first-order chi connectivity index (χ1) is 30.7. The van der Waals surface area contributed by atoms with Gasteiger partial charge < -0.3 is 41.6 Å². The van der Waals surface area contributed by atoms with Crippen LogP contribution in [0.4, 0.5) is 15.0 Å². The van der Waals surface area contributed by atoms with Crippen LogP contribution in [0.3, 0.4) is 0 Å². The number of aromatic nitrogens is 4. The SMILES string of the molecule is C#C[C@]1(CO[P@@](=O)(N[C@@H](C)C(=O)OCC(CC)CC)Oc2ccccc2)OCC(n2cnc3c(NC(=O)OC(C)(C)CC(=O)OCc4oc(=O)oc4C)nc(F)nc32)[C@@H]1OC(=O)C(C)C. The Bertz CT molecular complexity index is 2480. The number of benzene rings is 1. The highest BCUT2D eigenvalue weighted by molar-refractivity contribution is 7.52. The lowest BCUT2D eigenvalue weighted by Gasteiger charge is -2.32. The number of hydrogen-bond donors (Lipinski definition) is 2. The van der Waals surface area contributed by atoms with Gasteiger partial charge in [0, 0.05) is 0 Å². The summed E-state index contributed by atoms with van der Waals surface area (Å²) in [5, 5.41) is 4.93. The first-order valence-electron chi connectivity index (χ1n) is 20.6. The number of carbonyl (C=O) groups is 4. The molecule has 1 unspecified atom stereocenters. The lowest BCUT2D eigenvalue weighted by atomic mass is 9.95. The van der Waals surface area contributed by atoms with E-state index in [1.165, 1.54) is 50.7 Å². The molecule has 4 heterocycles. The van der Waals surface area contributed by atoms with Crippen LogP contribution in [0.2, 0.25) is 0 Å². The molecule has 1 fully saturated rings. The maximum Gasteiger partial charge on any atom is 0.519 e. The summed E-state index contributed by atoms with van der Waals surface area (Å²) in [7, 11) is -4.54. The van der Waals surface area contributed by atoms with E-state index in [2.05, 4.69) is 31.3 Å². The molecule has 0 radical (unpaired) electrons. The monoisotopic (exact) mass is 930 g/mol. The lowest BCUT2D eigenvalue weighted by Crippen LogP contribution is -2.48. The van der Waals surface area contributed by atoms with E-state index < -0.39 is 104 Å². The number of anilines is 1. The van der Waals surface area contributed by atoms with E-state index in [9.17, 15) is 28.5 Å². The molecule has 352 valence electrons. The molecule has 1 aliphatic heterocycles. The molecule has 0 aliphatic carbocycles. The minimum absolute atomic E-state index is 0.00526. The summed E-state index contributed by atoms with van der Waals surface area (Å²) in [6.07, 6.45) is 4.52. The van der Waals surface area contributed by atoms with Gasteiger partial charge in [-0.15, -0.1) is 6.42 Å². The number of nitrogens with zero attached hydrogens (tertiary/aromatic N) is 4. The zero-order chi connectivity index (χ0) is 47.7. The zero-order valence-corrected chi connectivity index (χ0v) is 38.0. The molecule has 65 heavy (non-hydrogen) atoms. The van der Waals surface area contributed by atoms with Gasteiger partial charge in [-0.05, 0) is 45.7 Å². The van der Waals surface area contributed by atoms with E-state index in [-0.39, 0.29) is 47.6 Å². The summed E-state index contributed by atoms with van der Waals surface area (Å²) < 4.78 is 80.5. The van der Waals surface area contributed by atoms with Crippen LogP contribution in [0, 0.1) is 37.2 Å². The second kappa shape index (κ2) is 21.2. The summed E-state index contributed by atoms with van der Waals surface area (Å²) in [5.74, 6) is -1.46. The highest BCUT2D eigenvalue weighted by Crippen LogP contribution is 2.48. The van der Waals surface area contributed by atoms with Crippen LogP contribution in [-0.4, -0.2) is 86.7 Å². The summed E-state index contributed by atoms with van der Waals surface area (Å²) in [4.78, 5) is 75.2. The maximum absolute atomic E-state index is 15.2. The van der Waals surface area contributed by atoms with Crippen LogP contribution in [0.1, 0.15) is 85.3 Å². The van der Waals surface area contributed by atoms with Gasteiger partial charge >= 0.3 is 43.6 Å². The van der Waals surface area contributed by atoms with Crippen LogP contribution in [0.5, 0.6) is 5.75 Å². The summed E-state index contributed by atoms with van der Waals surface area (Å²) in [5.41, 5.74) is -3.81. The van der Waals surface area contributed by atoms with E-state index in [0.717, 1.165) is 12.8 Å². The molecule has 4 aromatic rings. The number of esters is 3. The van der Waals surface area contributed by atoms with E-state index in [1.54, 1.807) is 32.0 Å². The van der Waals surface area contributed by atoms with Gasteiger partial charge in [0.15, 0.2) is 46.8 Å². The largest absolute Gasteiger partial charge is 0.519 e. The normalized spacial score (nSPS) is 18.7. The van der Waals surface area contributed by atoms with Gasteiger partial charge in [0.25, 0.3) is 0 Å². The van der Waals surface area contributed by atoms with Crippen molar-refractivity contribution in [1.29, 1.82) is 0 Å². The van der Waals surface area contributed by atoms with Crippen molar-refractivity contribution in [3.63, 3.8) is 0 Å². The molecule has 2 N–H and O–H groups in total. The number of rotatable bonds is 21. The number of amides is 1. The number of terminal acetylenes is 1. The Balaban J connectivity index is 1.37. The van der Waals surface area contributed by atoms with Gasteiger partial charge in [-0.2, -0.15) is 19.4 Å². The van der Waals surface area contributed by atoms with Crippen molar-refractivity contribution in [2.24, 2.45) is 11.8 Å². The Morgan fingerprint density at radius 3 is 2.42 bits per heavy atom. The van der Waals surface area contributed by atoms with Gasteiger partial charge in [0.1, 0.15) is 30.0 Å². The second-order valence-electron chi connectivity index (χ2n) is 16.0. The number of fused-ring (bicyclic) bond motifs is 1. The molecule has 1 amide bonds. The molecule has 3 aromatic heterocycles. The number of nitrogens with one attached hydrogen (secondary N) is 2. The number of hydrogen-bond acceptors (Lipinski definition) is 18. The molecule has 0 bridgehead atoms. The smallest absolute Gasteiger partial charge is 0.464 e. The zero-order valence-electron chi connectivity index (χ0n) is 37.1. The molecule has 5 rings (SSSR count). The van der Waals surface area contributed by atoms with Gasteiger partial charge in [-0.1, -0.05) is 64.7 Å². The van der Waals surface area contributed by atoms with Crippen molar-refractivity contribution in [3.05, 3.63) is 64.9 Å². The fourth-order valence-corrected chi connectivity index (χ4v) is 7.90. The molecular formula is C42H52FN6O15P. The summed E-state index contributed by atoms with van der Waals surface area (Å²) in [6, 6.07) is 5.70. The molecule has 21 nitrogen and oxygen atoms in total. The fraction of sp³-hybridized carbons (Fsp3) is 0.524. The Hall–Kier alpha value is -6.14. The van der Waals surface area contributed by atoms with Crippen LogP contribution in [-0.2, 0) is 53.8 Å². The highest BCUT2D eigenvalue weighted by atomic mass is 31.2. The molecule has 1 aliphatic rings. The van der Waals surface area contributed by atoms with E-state index in [1.807, 2.05) is 13.8 Å². The van der Waals surface area contributed by atoms with Gasteiger partial charge in [-0.3, -0.25) is 24.2 Å². The van der Waals surface area contributed by atoms with Gasteiger partial charge in [0.05, 0.1) is 31.9 Å². The third-order valence-corrected chi connectivity index (χ3v) is 11.8. The third kappa shape index (κ3) is 12.8. The number of halogens is 1. The first kappa shape index (κ1) is 49.9. The van der Waals surface area contributed by atoms with Crippen LogP contribution in [0.15, 0.2) is 50.3 Å². The van der Waals surface area contributed by atoms with E-state index in [4.69, 9.17) is 48.0 Å². The van der Waals surface area contributed by atoms with Crippen LogP contribution >= 0.6 is 7.75 Å². The topological polar surface area (TPSA) is 261 Å². The predicted molar refractivity (Wildman–Crippen MR) is 225 cm³/mol. The average Bonchev–Trinajstić information content (AvgIpc) is 3.92. The van der Waals surface area contributed by atoms with Crippen LogP contribution in [0.25, 0.3) is 11.2 Å². The van der Waals surface area contributed by atoms with Crippen molar-refractivity contribution in [1.82, 2.24) is 24.6 Å². The number of aryl methyl sites for hydroxylation is 1. The van der Waals surface area contributed by atoms with Crippen molar-refractivity contribution in [2.45, 2.75) is 111 Å². The Kier molecular flexibility index (Phi) is 16.3. The van der Waals surface area contributed by atoms with Gasteiger partial charge in [-0.25, -0.2) is 19.1 Å². The molecule has 0 spiro atoms. The number of ether oxygens (including phenoxy) is 5.